The second-order valence-electron chi connectivity index (χ2n) is 10.9. The first-order valence-electron chi connectivity index (χ1n) is 13.6. The highest BCUT2D eigenvalue weighted by molar-refractivity contribution is 6.39. The summed E-state index contributed by atoms with van der Waals surface area (Å²) in [5, 5.41) is 4.93. The van der Waals surface area contributed by atoms with Crippen LogP contribution in [0.1, 0.15) is 32.4 Å². The van der Waals surface area contributed by atoms with Gasteiger partial charge in [0.05, 0.1) is 17.9 Å². The number of carbonyl (C=O) groups is 3. The van der Waals surface area contributed by atoms with Crippen molar-refractivity contribution in [2.75, 3.05) is 56.5 Å². The largest absolute Gasteiger partial charge is 0.369 e. The second-order valence-corrected chi connectivity index (χ2v) is 10.9. The van der Waals surface area contributed by atoms with Gasteiger partial charge in [0.2, 0.25) is 5.91 Å². The predicted molar refractivity (Wildman–Crippen MR) is 150 cm³/mol. The van der Waals surface area contributed by atoms with E-state index in [4.69, 9.17) is 4.52 Å². The molecule has 212 valence electrons. The summed E-state index contributed by atoms with van der Waals surface area (Å²) in [6, 6.07) is 8.64. The van der Waals surface area contributed by atoms with Gasteiger partial charge in [-0.1, -0.05) is 26.0 Å². The van der Waals surface area contributed by atoms with E-state index in [9.17, 15) is 19.2 Å². The summed E-state index contributed by atoms with van der Waals surface area (Å²) < 4.78 is 4.96. The first-order valence-corrected chi connectivity index (χ1v) is 13.6. The van der Waals surface area contributed by atoms with Crippen LogP contribution in [-0.4, -0.2) is 94.9 Å². The van der Waals surface area contributed by atoms with E-state index < -0.39 is 23.4 Å². The Morgan fingerprint density at radius 2 is 1.82 bits per heavy atom. The normalized spacial score (nSPS) is 20.3. The van der Waals surface area contributed by atoms with Gasteiger partial charge in [-0.25, -0.2) is 4.98 Å². The van der Waals surface area contributed by atoms with Crippen molar-refractivity contribution in [3.8, 4) is 0 Å². The zero-order valence-corrected chi connectivity index (χ0v) is 23.2. The zero-order valence-electron chi connectivity index (χ0n) is 23.2. The molecule has 12 heteroatoms. The number of H-pyrrole nitrogens is 1. The van der Waals surface area contributed by atoms with Crippen molar-refractivity contribution in [1.82, 2.24) is 24.8 Å². The number of carbonyl (C=O) groups excluding carboxylic acids is 3. The number of hydrogen-bond acceptors (Lipinski definition) is 8. The molecule has 2 atom stereocenters. The van der Waals surface area contributed by atoms with Gasteiger partial charge in [-0.15, -0.1) is 0 Å². The van der Waals surface area contributed by atoms with Crippen LogP contribution < -0.4 is 15.8 Å². The lowest BCUT2D eigenvalue weighted by Crippen LogP contribution is -2.59. The number of amides is 3. The van der Waals surface area contributed by atoms with Crippen LogP contribution in [0.25, 0.3) is 11.1 Å². The molecule has 2 aliphatic rings. The van der Waals surface area contributed by atoms with Gasteiger partial charge in [0, 0.05) is 56.9 Å². The van der Waals surface area contributed by atoms with E-state index in [1.54, 1.807) is 4.90 Å². The van der Waals surface area contributed by atoms with Crippen molar-refractivity contribution in [1.29, 1.82) is 0 Å². The maximum Gasteiger partial charge on any atom is 0.313 e. The summed E-state index contributed by atoms with van der Waals surface area (Å²) in [7, 11) is 2.10. The van der Waals surface area contributed by atoms with E-state index in [2.05, 4.69) is 44.4 Å². The average molecular weight is 550 g/mol. The molecular weight excluding hydrogens is 514 g/mol. The lowest BCUT2D eigenvalue weighted by atomic mass is 9.97. The number of piperazine rings is 2. The van der Waals surface area contributed by atoms with E-state index in [1.807, 2.05) is 37.8 Å². The van der Waals surface area contributed by atoms with Crippen LogP contribution in [0.2, 0.25) is 0 Å². The van der Waals surface area contributed by atoms with Crippen molar-refractivity contribution in [3.63, 3.8) is 0 Å². The zero-order chi connectivity index (χ0) is 28.6. The Bertz CT molecular complexity index is 1470. The molecule has 2 fully saturated rings. The third kappa shape index (κ3) is 5.44. The number of anilines is 2. The van der Waals surface area contributed by atoms with E-state index in [1.165, 1.54) is 12.3 Å². The van der Waals surface area contributed by atoms with Crippen molar-refractivity contribution in [3.05, 3.63) is 52.4 Å². The predicted octanol–water partition coefficient (Wildman–Crippen LogP) is 1.66. The summed E-state index contributed by atoms with van der Waals surface area (Å²) in [6.07, 6.45) is 1.32. The molecule has 0 radical (unpaired) electrons. The van der Waals surface area contributed by atoms with Gasteiger partial charge < -0.3 is 29.4 Å². The molecule has 1 aromatic carbocycles. The molecule has 0 unspecified atom stereocenters. The number of rotatable bonds is 4. The Balaban J connectivity index is 1.42. The number of pyridine rings is 1. The third-order valence-electron chi connectivity index (χ3n) is 7.69. The standard InChI is InChI=1S/C28H35N7O5/c1-17(2)27(38)34-16-23(19-6-5-7-21(12-19)33-10-8-32(4)9-11-33)35(15-18(34)3)28(39)25(37)30-20-13-22-24(36)31-40-26(22)29-14-20/h5-7,12-14,17-18,23H,8-11,15-16H2,1-4H3,(H,30,37)(H,31,36)/t18-,23-/m1/s1. The number of likely N-dealkylation sites (N-methyl/N-ethyl adjacent to an activating group) is 1. The van der Waals surface area contributed by atoms with Crippen LogP contribution in [0.3, 0.4) is 0 Å². The minimum atomic E-state index is -0.850. The summed E-state index contributed by atoms with van der Waals surface area (Å²) in [5.41, 5.74) is 1.74. The first kappa shape index (κ1) is 27.4. The lowest BCUT2D eigenvalue weighted by Gasteiger charge is -2.46. The van der Waals surface area contributed by atoms with Crippen molar-refractivity contribution < 1.29 is 18.9 Å². The fraction of sp³-hybridized carbons (Fsp3) is 0.464. The van der Waals surface area contributed by atoms with Gasteiger partial charge in [-0.2, -0.15) is 5.16 Å². The number of aromatic nitrogens is 2. The minimum Gasteiger partial charge on any atom is -0.369 e. The molecule has 40 heavy (non-hydrogen) atoms. The topological polar surface area (TPSA) is 135 Å². The van der Waals surface area contributed by atoms with Crippen LogP contribution in [-0.2, 0) is 14.4 Å². The van der Waals surface area contributed by atoms with E-state index in [-0.39, 0.29) is 47.7 Å². The van der Waals surface area contributed by atoms with Crippen LogP contribution in [0.15, 0.2) is 45.8 Å². The SMILES string of the molecule is CC(C)C(=O)N1C[C@H](c2cccc(N3CCN(C)CC3)c2)N(C(=O)C(=O)Nc2cnc3o[nH]c(=O)c3c2)C[C@H]1C. The van der Waals surface area contributed by atoms with E-state index in [0.717, 1.165) is 37.4 Å². The van der Waals surface area contributed by atoms with Crippen LogP contribution >= 0.6 is 0 Å². The summed E-state index contributed by atoms with van der Waals surface area (Å²) in [4.78, 5) is 63.8. The molecule has 12 nitrogen and oxygen atoms in total. The van der Waals surface area contributed by atoms with Crippen LogP contribution in [0.5, 0.6) is 0 Å². The Kier molecular flexibility index (Phi) is 7.61. The quantitative estimate of drug-likeness (QED) is 0.469. The van der Waals surface area contributed by atoms with Gasteiger partial charge in [0.15, 0.2) is 0 Å². The number of nitrogens with zero attached hydrogens (tertiary/aromatic N) is 5. The number of aromatic amines is 1. The molecule has 4 heterocycles. The van der Waals surface area contributed by atoms with Gasteiger partial charge in [0.1, 0.15) is 5.39 Å². The monoisotopic (exact) mass is 549 g/mol. The molecule has 0 aliphatic carbocycles. The molecule has 0 spiro atoms. The molecule has 0 saturated carbocycles. The van der Waals surface area contributed by atoms with Crippen molar-refractivity contribution in [2.45, 2.75) is 32.9 Å². The lowest BCUT2D eigenvalue weighted by molar-refractivity contribution is -0.152. The Labute approximate surface area is 231 Å². The van der Waals surface area contributed by atoms with Crippen molar-refractivity contribution >= 4 is 40.2 Å². The van der Waals surface area contributed by atoms with Gasteiger partial charge in [0.25, 0.3) is 11.3 Å². The minimum absolute atomic E-state index is 0.00832. The Hall–Kier alpha value is -4.19. The highest BCUT2D eigenvalue weighted by atomic mass is 16.5. The van der Waals surface area contributed by atoms with Gasteiger partial charge >= 0.3 is 11.8 Å². The van der Waals surface area contributed by atoms with Gasteiger partial charge in [-0.3, -0.25) is 19.2 Å². The molecule has 2 aromatic heterocycles. The number of hydrogen-bond donors (Lipinski definition) is 2. The highest BCUT2D eigenvalue weighted by Crippen LogP contribution is 2.32. The fourth-order valence-corrected chi connectivity index (χ4v) is 5.35. The van der Waals surface area contributed by atoms with Crippen molar-refractivity contribution in [2.24, 2.45) is 5.92 Å². The highest BCUT2D eigenvalue weighted by Gasteiger charge is 2.40. The molecule has 0 bridgehead atoms. The van der Waals surface area contributed by atoms with Crippen LogP contribution in [0, 0.1) is 5.92 Å². The third-order valence-corrected chi connectivity index (χ3v) is 7.69. The Morgan fingerprint density at radius 1 is 1.07 bits per heavy atom. The molecule has 2 N–H and O–H groups in total. The second kappa shape index (κ2) is 11.1. The molecule has 5 rings (SSSR count). The first-order chi connectivity index (χ1) is 19.1. The summed E-state index contributed by atoms with van der Waals surface area (Å²) in [6.45, 7) is 9.78. The fourth-order valence-electron chi connectivity index (χ4n) is 5.35. The van der Waals surface area contributed by atoms with Crippen LogP contribution in [0.4, 0.5) is 11.4 Å². The van der Waals surface area contributed by atoms with Gasteiger partial charge in [-0.05, 0) is 37.7 Å². The average Bonchev–Trinajstić information content (AvgIpc) is 3.32. The van der Waals surface area contributed by atoms with E-state index in [0.29, 0.717) is 0 Å². The maximum atomic E-state index is 13.6. The summed E-state index contributed by atoms with van der Waals surface area (Å²) in [5.74, 6) is -1.76. The number of fused-ring (bicyclic) bond motifs is 1. The summed E-state index contributed by atoms with van der Waals surface area (Å²) >= 11 is 0. The molecule has 2 saturated heterocycles. The number of benzene rings is 1. The van der Waals surface area contributed by atoms with E-state index >= 15 is 0 Å². The Morgan fingerprint density at radius 3 is 2.55 bits per heavy atom. The molecule has 3 aromatic rings. The maximum absolute atomic E-state index is 13.6. The smallest absolute Gasteiger partial charge is 0.313 e. The molecule has 2 aliphatic heterocycles. The molecule has 3 amide bonds. The molecular formula is C28H35N7O5. The number of nitrogens with one attached hydrogen (secondary N) is 2.